The molecule has 0 spiro atoms. The molecule has 2 unspecified atom stereocenters. The van der Waals surface area contributed by atoms with Crippen LogP contribution in [0.5, 0.6) is 5.75 Å². The maximum Gasteiger partial charge on any atom is 0.252 e. The summed E-state index contributed by atoms with van der Waals surface area (Å²) >= 11 is 0. The van der Waals surface area contributed by atoms with Gasteiger partial charge in [0, 0.05) is 25.2 Å². The van der Waals surface area contributed by atoms with Crippen molar-refractivity contribution in [3.05, 3.63) is 63.4 Å². The molecule has 8 nitrogen and oxygen atoms in total. The molecular weight excluding hydrogens is 466 g/mol. The molecule has 1 aromatic heterocycles. The summed E-state index contributed by atoms with van der Waals surface area (Å²) in [4.78, 5) is 18.1. The van der Waals surface area contributed by atoms with Crippen LogP contribution in [-0.4, -0.2) is 55.2 Å². The van der Waals surface area contributed by atoms with E-state index in [0.717, 1.165) is 40.7 Å². The summed E-state index contributed by atoms with van der Waals surface area (Å²) in [6.07, 6.45) is 1.01. The second-order valence-electron chi connectivity index (χ2n) is 9.61. The van der Waals surface area contributed by atoms with Crippen LogP contribution in [0.1, 0.15) is 36.0 Å². The lowest BCUT2D eigenvalue weighted by Gasteiger charge is -2.31. The predicted molar refractivity (Wildman–Crippen MR) is 136 cm³/mol. The monoisotopic (exact) mass is 497 g/mol. The Morgan fingerprint density at radius 2 is 1.97 bits per heavy atom. The predicted octanol–water partition coefficient (Wildman–Crippen LogP) is 3.08. The molecule has 3 aromatic rings. The van der Waals surface area contributed by atoms with Gasteiger partial charge in [0.15, 0.2) is 0 Å². The van der Waals surface area contributed by atoms with Crippen molar-refractivity contribution in [2.24, 2.45) is 0 Å². The molecule has 0 radical (unpaired) electrons. The van der Waals surface area contributed by atoms with Crippen LogP contribution < -0.4 is 15.2 Å². The van der Waals surface area contributed by atoms with Gasteiger partial charge in [0.25, 0.3) is 5.56 Å². The Kier molecular flexibility index (Phi) is 6.11. The Morgan fingerprint density at radius 1 is 1.17 bits per heavy atom. The SMILES string of the molecule is Cc1ccc2cc(CN(C3CCCC3O)S(=O)(=O)c3ccc4c(c3)OCCN4C)c(=O)[nH]c2c1C. The van der Waals surface area contributed by atoms with E-state index in [-0.39, 0.29) is 17.0 Å². The molecule has 186 valence electrons. The summed E-state index contributed by atoms with van der Waals surface area (Å²) < 4.78 is 34.9. The van der Waals surface area contributed by atoms with Gasteiger partial charge in [0.2, 0.25) is 10.0 Å². The second-order valence-corrected chi connectivity index (χ2v) is 11.5. The van der Waals surface area contributed by atoms with Crippen LogP contribution >= 0.6 is 0 Å². The van der Waals surface area contributed by atoms with Gasteiger partial charge in [-0.1, -0.05) is 12.1 Å². The number of hydrogen-bond donors (Lipinski definition) is 2. The number of aliphatic hydroxyl groups is 1. The molecule has 2 heterocycles. The number of nitrogens with one attached hydrogen (secondary N) is 1. The zero-order valence-electron chi connectivity index (χ0n) is 20.2. The number of rotatable bonds is 5. The van der Waals surface area contributed by atoms with Gasteiger partial charge in [0.1, 0.15) is 12.4 Å². The van der Waals surface area contributed by atoms with Gasteiger partial charge in [-0.05, 0) is 67.8 Å². The molecule has 2 N–H and O–H groups in total. The number of H-pyrrole nitrogens is 1. The van der Waals surface area contributed by atoms with E-state index < -0.39 is 22.2 Å². The number of benzene rings is 2. The van der Waals surface area contributed by atoms with Crippen molar-refractivity contribution in [1.82, 2.24) is 9.29 Å². The normalized spacial score (nSPS) is 20.3. The van der Waals surface area contributed by atoms with Crippen LogP contribution in [0.2, 0.25) is 0 Å². The molecule has 5 rings (SSSR count). The van der Waals surface area contributed by atoms with E-state index in [1.54, 1.807) is 24.3 Å². The molecule has 1 aliphatic carbocycles. The van der Waals surface area contributed by atoms with Gasteiger partial charge in [-0.15, -0.1) is 0 Å². The van der Waals surface area contributed by atoms with E-state index in [0.29, 0.717) is 30.8 Å². The van der Waals surface area contributed by atoms with Gasteiger partial charge in [-0.25, -0.2) is 8.42 Å². The first-order chi connectivity index (χ1) is 16.7. The molecule has 1 aliphatic heterocycles. The topological polar surface area (TPSA) is 103 Å². The van der Waals surface area contributed by atoms with Crippen molar-refractivity contribution < 1.29 is 18.3 Å². The van der Waals surface area contributed by atoms with Gasteiger partial charge < -0.3 is 19.7 Å². The van der Waals surface area contributed by atoms with Crippen molar-refractivity contribution >= 4 is 26.6 Å². The van der Waals surface area contributed by atoms with Crippen molar-refractivity contribution in [3.63, 3.8) is 0 Å². The van der Waals surface area contributed by atoms with Crippen molar-refractivity contribution in [3.8, 4) is 5.75 Å². The number of fused-ring (bicyclic) bond motifs is 2. The van der Waals surface area contributed by atoms with E-state index in [1.165, 1.54) is 4.31 Å². The number of likely N-dealkylation sites (N-methyl/N-ethyl adjacent to an activating group) is 1. The maximum atomic E-state index is 13.9. The second kappa shape index (κ2) is 8.96. The van der Waals surface area contributed by atoms with Crippen molar-refractivity contribution in [2.75, 3.05) is 25.1 Å². The van der Waals surface area contributed by atoms with Crippen molar-refractivity contribution in [2.45, 2.75) is 56.7 Å². The van der Waals surface area contributed by atoms with Gasteiger partial charge in [-0.2, -0.15) is 4.31 Å². The number of aliphatic hydroxyl groups excluding tert-OH is 1. The minimum atomic E-state index is -4.03. The number of anilines is 1. The minimum absolute atomic E-state index is 0.0920. The Morgan fingerprint density at radius 3 is 2.71 bits per heavy atom. The fourth-order valence-electron chi connectivity index (χ4n) is 5.13. The molecule has 1 saturated carbocycles. The van der Waals surface area contributed by atoms with E-state index in [1.807, 2.05) is 37.9 Å². The Bertz CT molecular complexity index is 1450. The third-order valence-electron chi connectivity index (χ3n) is 7.40. The quantitative estimate of drug-likeness (QED) is 0.562. The maximum absolute atomic E-state index is 13.9. The Balaban J connectivity index is 1.58. The number of hydrogen-bond acceptors (Lipinski definition) is 6. The molecule has 2 atom stereocenters. The highest BCUT2D eigenvalue weighted by Gasteiger charge is 2.39. The number of nitrogens with zero attached hydrogens (tertiary/aromatic N) is 2. The smallest absolute Gasteiger partial charge is 0.252 e. The number of aryl methyl sites for hydroxylation is 2. The van der Waals surface area contributed by atoms with Crippen LogP contribution in [0, 0.1) is 13.8 Å². The minimum Gasteiger partial charge on any atom is -0.490 e. The lowest BCUT2D eigenvalue weighted by atomic mass is 10.0. The van der Waals surface area contributed by atoms with Gasteiger partial charge in [-0.3, -0.25) is 4.79 Å². The summed E-state index contributed by atoms with van der Waals surface area (Å²) in [7, 11) is -2.09. The molecular formula is C26H31N3O5S. The molecule has 35 heavy (non-hydrogen) atoms. The van der Waals surface area contributed by atoms with Crippen LogP contribution in [0.25, 0.3) is 10.9 Å². The van der Waals surface area contributed by atoms with E-state index in [2.05, 4.69) is 4.98 Å². The van der Waals surface area contributed by atoms with Gasteiger partial charge in [0.05, 0.1) is 34.8 Å². The molecule has 1 fully saturated rings. The van der Waals surface area contributed by atoms with Crippen LogP contribution in [-0.2, 0) is 16.6 Å². The number of pyridine rings is 1. The lowest BCUT2D eigenvalue weighted by molar-refractivity contribution is 0.110. The third-order valence-corrected chi connectivity index (χ3v) is 9.27. The zero-order chi connectivity index (χ0) is 24.9. The Hall–Kier alpha value is -2.88. The number of aromatic nitrogens is 1. The number of aromatic amines is 1. The first-order valence-corrected chi connectivity index (χ1v) is 13.4. The van der Waals surface area contributed by atoms with E-state index in [9.17, 15) is 18.3 Å². The molecule has 0 amide bonds. The van der Waals surface area contributed by atoms with E-state index >= 15 is 0 Å². The van der Waals surface area contributed by atoms with E-state index in [4.69, 9.17) is 4.74 Å². The summed E-state index contributed by atoms with van der Waals surface area (Å²) in [6.45, 7) is 5.01. The molecule has 9 heteroatoms. The highest BCUT2D eigenvalue weighted by Crippen LogP contribution is 2.36. The fraction of sp³-hybridized carbons (Fsp3) is 0.423. The average molecular weight is 498 g/mol. The summed E-state index contributed by atoms with van der Waals surface area (Å²) in [5.74, 6) is 0.515. The number of sulfonamides is 1. The average Bonchev–Trinajstić information content (AvgIpc) is 3.25. The zero-order valence-corrected chi connectivity index (χ0v) is 21.1. The van der Waals surface area contributed by atoms with Crippen LogP contribution in [0.3, 0.4) is 0 Å². The summed E-state index contributed by atoms with van der Waals surface area (Å²) in [6, 6.07) is 9.94. The first kappa shape index (κ1) is 23.8. The standard InChI is InChI=1S/C26H31N3O5S/c1-16-7-8-18-13-19(26(31)27-25(18)17(16)2)15-29(21-5-4-6-23(21)30)35(32,33)20-9-10-22-24(14-20)34-12-11-28(22)3/h7-10,13-14,21,23,30H,4-6,11-12,15H2,1-3H3,(H,27,31). The molecule has 2 aliphatic rings. The van der Waals surface area contributed by atoms with Gasteiger partial charge >= 0.3 is 0 Å². The number of ether oxygens (including phenoxy) is 1. The first-order valence-electron chi connectivity index (χ1n) is 12.0. The molecule has 0 saturated heterocycles. The highest BCUT2D eigenvalue weighted by atomic mass is 32.2. The van der Waals surface area contributed by atoms with Crippen LogP contribution in [0.4, 0.5) is 5.69 Å². The third kappa shape index (κ3) is 4.22. The summed E-state index contributed by atoms with van der Waals surface area (Å²) in [5, 5.41) is 11.5. The highest BCUT2D eigenvalue weighted by molar-refractivity contribution is 7.89. The fourth-order valence-corrected chi connectivity index (χ4v) is 6.81. The lowest BCUT2D eigenvalue weighted by Crippen LogP contribution is -2.44. The van der Waals surface area contributed by atoms with Crippen molar-refractivity contribution in [1.29, 1.82) is 0 Å². The summed E-state index contributed by atoms with van der Waals surface area (Å²) in [5.41, 5.74) is 3.66. The Labute approximate surface area is 205 Å². The molecule has 0 bridgehead atoms. The largest absolute Gasteiger partial charge is 0.490 e. The van der Waals surface area contributed by atoms with Crippen LogP contribution in [0.15, 0.2) is 46.1 Å². The molecule has 2 aromatic carbocycles.